The second-order valence-electron chi connectivity index (χ2n) is 30.4. The molecule has 5 N–H and O–H groups in total. The number of nitrogens with one attached hydrogen (secondary N) is 5. The van der Waals surface area contributed by atoms with Gasteiger partial charge in [-0.25, -0.2) is 23.1 Å². The van der Waals surface area contributed by atoms with Gasteiger partial charge in [0, 0.05) is 54.1 Å². The van der Waals surface area contributed by atoms with E-state index in [9.17, 15) is 80.2 Å². The number of H-pyrrole nitrogens is 2. The first kappa shape index (κ1) is 87.5. The SMILES string of the molecule is Cc1nc(C[C@H](CCc2ccc(F)cc2)NC(=O)c2cc(-c3ccccc3C(F)(F)F)n(C3CCCC3)n2)n[nH]1.O=C(N[C@@H](CCc1ccc(F)cc1)Cc1ncn[nH]1)c1cc(-c2ccccc2C(F)(F)F)n(C2CCCC2)n1.O=C(N[C@@H](CCc1ccc(F)cc1)Cc1nnc(C(F)(F)F)o1)c1cc(-c2ccccc2C(F)(F)F)n(C2CCCC2)n1. The summed E-state index contributed by atoms with van der Waals surface area (Å²) in [6.07, 6.45) is -4.07. The lowest BCUT2D eigenvalue weighted by molar-refractivity contribution is -0.157. The Bertz CT molecular complexity index is 5460. The van der Waals surface area contributed by atoms with E-state index in [4.69, 9.17) is 4.42 Å². The van der Waals surface area contributed by atoms with Gasteiger partial charge in [-0.2, -0.15) is 78.2 Å². The maximum atomic E-state index is 13.9. The van der Waals surface area contributed by atoms with Crippen LogP contribution < -0.4 is 16.0 Å². The van der Waals surface area contributed by atoms with E-state index >= 15 is 0 Å². The third kappa shape index (κ3) is 22.9. The summed E-state index contributed by atoms with van der Waals surface area (Å²) in [6, 6.07) is 35.9. The van der Waals surface area contributed by atoms with Gasteiger partial charge >= 0.3 is 30.6 Å². The van der Waals surface area contributed by atoms with Gasteiger partial charge in [-0.05, 0) is 173 Å². The molecule has 6 aromatic heterocycles. The number of rotatable bonds is 27. The number of nitrogens with zero attached hydrogens (tertiary/aromatic N) is 12. The van der Waals surface area contributed by atoms with E-state index in [1.807, 2.05) is 0 Å². The minimum Gasteiger partial charge on any atom is -0.417 e. The van der Waals surface area contributed by atoms with E-state index in [1.54, 1.807) is 52.7 Å². The molecule has 3 fully saturated rings. The van der Waals surface area contributed by atoms with Crippen molar-refractivity contribution in [3.8, 4) is 33.8 Å². The summed E-state index contributed by atoms with van der Waals surface area (Å²) in [4.78, 5) is 48.9. The van der Waals surface area contributed by atoms with Crippen LogP contribution in [0.1, 0.15) is 209 Å². The van der Waals surface area contributed by atoms with Crippen molar-refractivity contribution in [2.24, 2.45) is 0 Å². The number of alkyl halides is 12. The molecule has 0 saturated heterocycles. The third-order valence-electron chi connectivity index (χ3n) is 21.6. The van der Waals surface area contributed by atoms with Gasteiger partial charge in [0.25, 0.3) is 17.7 Å². The molecule has 21 nitrogen and oxygen atoms in total. The summed E-state index contributed by atoms with van der Waals surface area (Å²) >= 11 is 0. The van der Waals surface area contributed by atoms with Crippen LogP contribution in [0.3, 0.4) is 0 Å². The maximum absolute atomic E-state index is 13.9. The Morgan fingerprint density at radius 2 is 0.787 bits per heavy atom. The van der Waals surface area contributed by atoms with Gasteiger partial charge in [0.2, 0.25) is 5.89 Å². The summed E-state index contributed by atoms with van der Waals surface area (Å²) < 4.78 is 213. The molecule has 0 radical (unpaired) electrons. The Kier molecular flexibility index (Phi) is 27.7. The van der Waals surface area contributed by atoms with E-state index in [2.05, 4.69) is 71.8 Å². The molecule has 36 heteroatoms. The summed E-state index contributed by atoms with van der Waals surface area (Å²) in [5.41, 5.74) is 0.651. The van der Waals surface area contributed by atoms with Crippen LogP contribution >= 0.6 is 0 Å². The molecule has 3 atom stereocenters. The first-order chi connectivity index (χ1) is 58.3. The summed E-state index contributed by atoms with van der Waals surface area (Å²) in [5, 5.41) is 42.3. The first-order valence-electron chi connectivity index (χ1n) is 39.9. The normalized spacial score (nSPS) is 15.0. The van der Waals surface area contributed by atoms with Gasteiger partial charge in [-0.15, -0.1) is 10.2 Å². The number of benzene rings is 6. The minimum atomic E-state index is -4.85. The number of aromatic nitrogens is 14. The molecule has 0 aliphatic heterocycles. The molecule has 0 spiro atoms. The van der Waals surface area contributed by atoms with Crippen molar-refractivity contribution >= 4 is 17.7 Å². The van der Waals surface area contributed by atoms with Gasteiger partial charge in [0.1, 0.15) is 35.4 Å². The second kappa shape index (κ2) is 38.6. The molecular formula is C86H84F15N17O4. The van der Waals surface area contributed by atoms with Gasteiger partial charge in [-0.1, -0.05) is 130 Å². The Hall–Kier alpha value is -12.3. The molecule has 3 amide bonds. The van der Waals surface area contributed by atoms with Crippen molar-refractivity contribution in [3.63, 3.8) is 0 Å². The fraction of sp³-hybridized carbons (Fsp3) is 0.372. The zero-order chi connectivity index (χ0) is 86.5. The van der Waals surface area contributed by atoms with Gasteiger partial charge < -0.3 is 20.4 Å². The second-order valence-corrected chi connectivity index (χ2v) is 30.4. The Labute approximate surface area is 689 Å². The minimum absolute atomic E-state index is 0.00188. The quantitative estimate of drug-likeness (QED) is 0.0300. The van der Waals surface area contributed by atoms with E-state index < -0.39 is 82.9 Å². The number of amides is 3. The van der Waals surface area contributed by atoms with Crippen LogP contribution in [0.5, 0.6) is 0 Å². The molecule has 0 unspecified atom stereocenters. The van der Waals surface area contributed by atoms with Crippen molar-refractivity contribution in [2.45, 2.75) is 203 Å². The smallest absolute Gasteiger partial charge is 0.417 e. The number of aromatic amines is 2. The van der Waals surface area contributed by atoms with Crippen molar-refractivity contribution in [2.75, 3.05) is 0 Å². The molecular weight excluding hydrogens is 1620 g/mol. The average Bonchev–Trinajstić information content (AvgIpc) is 1.62. The molecule has 0 bridgehead atoms. The van der Waals surface area contributed by atoms with Crippen LogP contribution in [0.15, 0.2) is 175 Å². The Morgan fingerprint density at radius 1 is 0.443 bits per heavy atom. The molecule has 3 aliphatic carbocycles. The van der Waals surface area contributed by atoms with Gasteiger partial charge in [-0.3, -0.25) is 38.6 Å². The highest BCUT2D eigenvalue weighted by atomic mass is 19.4. The fourth-order valence-corrected chi connectivity index (χ4v) is 15.6. The summed E-state index contributed by atoms with van der Waals surface area (Å²) in [5.74, 6) is -2.96. The monoisotopic (exact) mass is 1700 g/mol. The summed E-state index contributed by atoms with van der Waals surface area (Å²) in [6.45, 7) is 1.78. The molecule has 3 aliphatic rings. The van der Waals surface area contributed by atoms with Crippen LogP contribution in [0, 0.1) is 24.4 Å². The van der Waals surface area contributed by atoms with Gasteiger partial charge in [0.15, 0.2) is 22.9 Å². The largest absolute Gasteiger partial charge is 0.470 e. The fourth-order valence-electron chi connectivity index (χ4n) is 15.6. The van der Waals surface area contributed by atoms with Crippen LogP contribution in [-0.4, -0.2) is 106 Å². The highest BCUT2D eigenvalue weighted by Crippen LogP contribution is 2.44. The molecule has 642 valence electrons. The molecule has 15 rings (SSSR count). The van der Waals surface area contributed by atoms with Crippen molar-refractivity contribution in [3.05, 3.63) is 267 Å². The zero-order valence-electron chi connectivity index (χ0n) is 65.6. The van der Waals surface area contributed by atoms with E-state index in [1.165, 1.54) is 120 Å². The number of carbonyl (C=O) groups excluding carboxylic acids is 3. The van der Waals surface area contributed by atoms with Crippen LogP contribution in [0.4, 0.5) is 65.9 Å². The highest BCUT2D eigenvalue weighted by Gasteiger charge is 2.41. The molecule has 12 aromatic rings. The van der Waals surface area contributed by atoms with E-state index in [-0.39, 0.29) is 105 Å². The highest BCUT2D eigenvalue weighted by molar-refractivity contribution is 5.95. The van der Waals surface area contributed by atoms with Crippen molar-refractivity contribution < 1.29 is 84.7 Å². The lowest BCUT2D eigenvalue weighted by Gasteiger charge is -2.18. The van der Waals surface area contributed by atoms with E-state index in [0.717, 1.165) is 93.5 Å². The molecule has 122 heavy (non-hydrogen) atoms. The summed E-state index contributed by atoms with van der Waals surface area (Å²) in [7, 11) is 0. The molecule has 6 heterocycles. The zero-order valence-corrected chi connectivity index (χ0v) is 65.6. The third-order valence-corrected chi connectivity index (χ3v) is 21.6. The number of carbonyl (C=O) groups is 3. The van der Waals surface area contributed by atoms with Crippen LogP contribution in [-0.2, 0) is 63.2 Å². The number of halogens is 15. The molecule has 6 aromatic carbocycles. The van der Waals surface area contributed by atoms with Crippen molar-refractivity contribution in [1.29, 1.82) is 0 Å². The standard InChI is InChI=1S/C29H26F7N5O2.C29H30F4N6O.C28H28F4N6O/c30-18-12-9-17(10-13-18)11-14-19(15-25-38-39-27(43-25)29(34,35)36)37-26(42)23-16-24(41(40-23)20-5-1-2-6-20)21-7-3-4-8-22(21)28(31,32)33;1-18-34-27(37-36-18)16-21(15-12-19-10-13-20(30)14-11-19)35-28(40)25-17-26(39(38-25)22-6-2-3-7-22)23-8-4-5-9-24(23)29(31,32)33;29-19-12-9-18(10-13-19)11-14-20(15-26-33-17-34-36-26)35-27(39)24-16-25(38(37-24)21-5-1-2-6-21)22-7-3-4-8-23(22)28(30,31)32/h3-4,7-10,12-13,16,19-20H,1-2,5-6,11,14-15H2,(H,37,42);4-5,8-11,13-14,17,21-22H,2-3,6-7,12,15-16H2,1H3,(H,35,40)(H,34,36,37);3-4,7-10,12-13,16-17,20-21H,1-2,5-6,11,14-15H2,(H,35,39)(H,33,34,36)/t19-;21-;20-/m000/s1. The number of hydrogen-bond donors (Lipinski definition) is 5. The average molecular weight is 1700 g/mol. The first-order valence-corrected chi connectivity index (χ1v) is 39.9. The van der Waals surface area contributed by atoms with E-state index in [0.29, 0.717) is 80.8 Å². The number of hydrogen-bond acceptors (Lipinski definition) is 13. The lowest BCUT2D eigenvalue weighted by Crippen LogP contribution is -2.37. The Balaban J connectivity index is 0.000000158. The maximum Gasteiger partial charge on any atom is 0.470 e. The van der Waals surface area contributed by atoms with Crippen LogP contribution in [0.25, 0.3) is 33.8 Å². The van der Waals surface area contributed by atoms with Gasteiger partial charge in [0.05, 0.1) is 51.9 Å². The van der Waals surface area contributed by atoms with Crippen LogP contribution in [0.2, 0.25) is 0 Å². The lowest BCUT2D eigenvalue weighted by atomic mass is 10.0. The van der Waals surface area contributed by atoms with Crippen molar-refractivity contribution in [1.82, 2.24) is 85.9 Å². The predicted octanol–water partition coefficient (Wildman–Crippen LogP) is 19.3. The molecule has 3 saturated carbocycles. The topological polar surface area (TPSA) is 263 Å². The number of aryl methyl sites for hydroxylation is 4. The predicted molar refractivity (Wildman–Crippen MR) is 416 cm³/mol. The Morgan fingerprint density at radius 3 is 1.10 bits per heavy atom.